The number of hydrazine groups is 1. The lowest BCUT2D eigenvalue weighted by atomic mass is 10.0. The van der Waals surface area contributed by atoms with E-state index in [1.165, 1.54) is 5.01 Å². The molecule has 0 aliphatic carbocycles. The molecule has 10 heteroatoms. The van der Waals surface area contributed by atoms with E-state index in [2.05, 4.69) is 6.92 Å². The maximum atomic E-state index is 11.4. The van der Waals surface area contributed by atoms with Crippen LogP contribution in [0.25, 0.3) is 0 Å². The van der Waals surface area contributed by atoms with Gasteiger partial charge < -0.3 is 36.2 Å². The van der Waals surface area contributed by atoms with Gasteiger partial charge in [-0.15, -0.1) is 0 Å². The van der Waals surface area contributed by atoms with Crippen LogP contribution in [0.4, 0.5) is 0 Å². The van der Waals surface area contributed by atoms with E-state index in [-0.39, 0.29) is 6.54 Å². The van der Waals surface area contributed by atoms with Crippen LogP contribution in [0.3, 0.4) is 0 Å². The number of unbranched alkanes of at least 4 members (excludes halogenated alkanes) is 3. The summed E-state index contributed by atoms with van der Waals surface area (Å²) in [6, 6.07) is -0.532. The molecule has 0 spiro atoms. The first kappa shape index (κ1) is 28.1. The smallest absolute Gasteiger partial charge is 0.236 e. The van der Waals surface area contributed by atoms with Crippen molar-refractivity contribution in [3.05, 3.63) is 0 Å². The van der Waals surface area contributed by atoms with E-state index in [0.29, 0.717) is 32.5 Å². The van der Waals surface area contributed by atoms with Crippen molar-refractivity contribution in [2.75, 3.05) is 32.8 Å². The van der Waals surface area contributed by atoms with Crippen molar-refractivity contribution < 1.29 is 30.3 Å². The Morgan fingerprint density at radius 1 is 0.897 bits per heavy atom. The van der Waals surface area contributed by atoms with Crippen molar-refractivity contribution in [1.82, 2.24) is 9.91 Å². The number of carbonyl (C=O) groups excluding carboxylic acids is 1. The molecule has 0 saturated carbocycles. The molecule has 29 heavy (non-hydrogen) atoms. The van der Waals surface area contributed by atoms with Gasteiger partial charge in [-0.3, -0.25) is 10.6 Å². The Morgan fingerprint density at radius 2 is 1.48 bits per heavy atom. The fourth-order valence-electron chi connectivity index (χ4n) is 3.22. The summed E-state index contributed by atoms with van der Waals surface area (Å²) in [4.78, 5) is 13.4. The van der Waals surface area contributed by atoms with Crippen LogP contribution < -0.4 is 11.6 Å². The number of hydrogen-bond donors (Lipinski definition) is 7. The number of hydrogen-bond acceptors (Lipinski definition) is 9. The quantitative estimate of drug-likeness (QED) is 0.0757. The van der Waals surface area contributed by atoms with Gasteiger partial charge in [0.2, 0.25) is 5.91 Å². The first-order chi connectivity index (χ1) is 13.7. The van der Waals surface area contributed by atoms with Gasteiger partial charge >= 0.3 is 0 Å². The molecule has 0 bridgehead atoms. The Bertz CT molecular complexity index is 432. The third-order valence-electron chi connectivity index (χ3n) is 5.10. The lowest BCUT2D eigenvalue weighted by molar-refractivity contribution is -0.123. The Hall–Kier alpha value is -0.850. The lowest BCUT2D eigenvalue weighted by Gasteiger charge is -2.31. The number of nitrogens with two attached hydrogens (primary N) is 2. The molecule has 9 N–H and O–H groups in total. The normalized spacial score (nSPS) is 17.3. The van der Waals surface area contributed by atoms with Crippen molar-refractivity contribution >= 4 is 5.91 Å². The van der Waals surface area contributed by atoms with Crippen molar-refractivity contribution in [3.63, 3.8) is 0 Å². The minimum atomic E-state index is -1.64. The fourth-order valence-corrected chi connectivity index (χ4v) is 3.22. The zero-order chi connectivity index (χ0) is 22.4. The van der Waals surface area contributed by atoms with Gasteiger partial charge in [0.05, 0.1) is 12.7 Å². The third kappa shape index (κ3) is 11.2. The van der Waals surface area contributed by atoms with E-state index in [9.17, 15) is 25.2 Å². The van der Waals surface area contributed by atoms with Gasteiger partial charge in [-0.05, 0) is 32.4 Å². The van der Waals surface area contributed by atoms with Crippen molar-refractivity contribution in [2.24, 2.45) is 11.6 Å². The summed E-state index contributed by atoms with van der Waals surface area (Å²) >= 11 is 0. The molecule has 5 atom stereocenters. The molecular weight excluding hydrogens is 380 g/mol. The Labute approximate surface area is 174 Å². The molecule has 0 heterocycles. The molecule has 0 aromatic rings. The van der Waals surface area contributed by atoms with E-state index in [1.54, 1.807) is 0 Å². The molecular formula is C19H42N4O6. The minimum absolute atomic E-state index is 0.0973. The molecule has 0 unspecified atom stereocenters. The molecule has 1 amide bonds. The third-order valence-corrected chi connectivity index (χ3v) is 5.10. The number of amides is 1. The Morgan fingerprint density at radius 3 is 2.00 bits per heavy atom. The number of primary amides is 1. The summed E-state index contributed by atoms with van der Waals surface area (Å²) in [5, 5.41) is 49.9. The zero-order valence-corrected chi connectivity index (χ0v) is 17.9. The van der Waals surface area contributed by atoms with Crippen LogP contribution in [0, 0.1) is 0 Å². The topological polar surface area (TPSA) is 177 Å². The molecule has 0 aromatic heterocycles. The maximum absolute atomic E-state index is 11.4. The molecule has 0 aliphatic rings. The summed E-state index contributed by atoms with van der Waals surface area (Å²) in [5.41, 5.74) is 5.34. The summed E-state index contributed by atoms with van der Waals surface area (Å²) in [7, 11) is 0. The highest BCUT2D eigenvalue weighted by atomic mass is 16.4. The molecule has 0 rings (SSSR count). The van der Waals surface area contributed by atoms with E-state index in [1.807, 2.05) is 11.8 Å². The highest BCUT2D eigenvalue weighted by Gasteiger charge is 2.31. The summed E-state index contributed by atoms with van der Waals surface area (Å²) in [5.74, 6) is 5.46. The second-order valence-corrected chi connectivity index (χ2v) is 7.58. The van der Waals surface area contributed by atoms with Gasteiger partial charge in [0.1, 0.15) is 24.4 Å². The van der Waals surface area contributed by atoms with E-state index in [0.717, 1.165) is 25.7 Å². The maximum Gasteiger partial charge on any atom is 0.236 e. The van der Waals surface area contributed by atoms with Crippen LogP contribution in [0.2, 0.25) is 0 Å². The minimum Gasteiger partial charge on any atom is -0.394 e. The molecule has 0 radical (unpaired) electrons. The number of aliphatic hydroxyl groups is 5. The largest absolute Gasteiger partial charge is 0.394 e. The highest BCUT2D eigenvalue weighted by Crippen LogP contribution is 2.10. The van der Waals surface area contributed by atoms with E-state index in [4.69, 9.17) is 16.7 Å². The summed E-state index contributed by atoms with van der Waals surface area (Å²) in [6.45, 7) is 5.04. The predicted molar refractivity (Wildman–Crippen MR) is 110 cm³/mol. The Balaban J connectivity index is 4.73. The van der Waals surface area contributed by atoms with Crippen LogP contribution in [-0.4, -0.2) is 105 Å². The van der Waals surface area contributed by atoms with Gasteiger partial charge in [0.25, 0.3) is 0 Å². The SMILES string of the molecule is CCCCCCN(CCCN(N)[C@@H](CC)C(N)=O)C[C@H](O)[C@@H](O)[C@H](O)[C@H](O)CO. The van der Waals surface area contributed by atoms with Crippen LogP contribution in [0.5, 0.6) is 0 Å². The van der Waals surface area contributed by atoms with Crippen molar-refractivity contribution in [2.45, 2.75) is 82.8 Å². The van der Waals surface area contributed by atoms with Crippen LogP contribution in [-0.2, 0) is 4.79 Å². The molecule has 0 fully saturated rings. The zero-order valence-electron chi connectivity index (χ0n) is 17.9. The van der Waals surface area contributed by atoms with Gasteiger partial charge in [-0.25, -0.2) is 5.01 Å². The second-order valence-electron chi connectivity index (χ2n) is 7.58. The average Bonchev–Trinajstić information content (AvgIpc) is 2.69. The fraction of sp³-hybridized carbons (Fsp3) is 0.947. The average molecular weight is 423 g/mol. The standard InChI is InChI=1S/C19H42N4O6/c1-3-5-6-7-9-22(10-8-11-23(21)14(4-2)19(20)29)12-15(25)17(27)18(28)16(26)13-24/h14-18,24-28H,3-13,21H2,1-2H3,(H2,20,29)/t14-,15-,16+,17+,18+/m0/s1. The molecule has 0 aliphatic heterocycles. The number of rotatable bonds is 18. The molecule has 0 saturated heterocycles. The van der Waals surface area contributed by atoms with Gasteiger partial charge in [0.15, 0.2) is 0 Å². The summed E-state index contributed by atoms with van der Waals surface area (Å²) < 4.78 is 0. The number of aliphatic hydroxyl groups excluding tert-OH is 5. The monoisotopic (exact) mass is 422 g/mol. The molecule has 0 aromatic carbocycles. The van der Waals surface area contributed by atoms with Crippen LogP contribution >= 0.6 is 0 Å². The first-order valence-electron chi connectivity index (χ1n) is 10.6. The van der Waals surface area contributed by atoms with E-state index >= 15 is 0 Å². The molecule has 174 valence electrons. The van der Waals surface area contributed by atoms with Crippen LogP contribution in [0.1, 0.15) is 52.4 Å². The Kier molecular flexibility index (Phi) is 15.5. The number of nitrogens with zero attached hydrogens (tertiary/aromatic N) is 2. The summed E-state index contributed by atoms with van der Waals surface area (Å²) in [6.07, 6.45) is -0.736. The van der Waals surface area contributed by atoms with Crippen LogP contribution in [0.15, 0.2) is 0 Å². The van der Waals surface area contributed by atoms with Crippen molar-refractivity contribution in [1.29, 1.82) is 0 Å². The van der Waals surface area contributed by atoms with Gasteiger partial charge in [-0.2, -0.15) is 0 Å². The van der Waals surface area contributed by atoms with E-state index < -0.39 is 43.0 Å². The molecule has 10 nitrogen and oxygen atoms in total. The second kappa shape index (κ2) is 15.9. The number of carbonyl (C=O) groups is 1. The van der Waals surface area contributed by atoms with Gasteiger partial charge in [-0.1, -0.05) is 33.1 Å². The first-order valence-corrected chi connectivity index (χ1v) is 10.6. The predicted octanol–water partition coefficient (Wildman–Crippen LogP) is -1.87. The highest BCUT2D eigenvalue weighted by molar-refractivity contribution is 5.79. The lowest BCUT2D eigenvalue weighted by Crippen LogP contribution is -2.51. The van der Waals surface area contributed by atoms with Gasteiger partial charge in [0, 0.05) is 13.1 Å². The van der Waals surface area contributed by atoms with Crippen molar-refractivity contribution in [3.8, 4) is 0 Å².